The highest BCUT2D eigenvalue weighted by atomic mass is 16.5. The van der Waals surface area contributed by atoms with Crippen molar-refractivity contribution in [3.05, 3.63) is 53.6 Å². The van der Waals surface area contributed by atoms with Crippen molar-refractivity contribution in [2.75, 3.05) is 17.2 Å². The maximum Gasteiger partial charge on any atom is 0.231 e. The van der Waals surface area contributed by atoms with E-state index < -0.39 is 0 Å². The summed E-state index contributed by atoms with van der Waals surface area (Å²) in [6.45, 7) is 3.73. The van der Waals surface area contributed by atoms with E-state index in [1.165, 1.54) is 6.92 Å². The Morgan fingerprint density at radius 1 is 1.12 bits per heavy atom. The number of hydrogen-bond donors (Lipinski definition) is 2. The lowest BCUT2D eigenvalue weighted by molar-refractivity contribution is -0.121. The average Bonchev–Trinajstić information content (AvgIpc) is 2.57. The number of amides is 2. The highest BCUT2D eigenvalue weighted by molar-refractivity contribution is 5.95. The van der Waals surface area contributed by atoms with Gasteiger partial charge in [-0.15, -0.1) is 0 Å². The fourth-order valence-corrected chi connectivity index (χ4v) is 2.76. The molecule has 0 radical (unpaired) electrons. The molecule has 1 heterocycles. The fourth-order valence-electron chi connectivity index (χ4n) is 2.76. The van der Waals surface area contributed by atoms with Gasteiger partial charge in [-0.05, 0) is 42.7 Å². The van der Waals surface area contributed by atoms with Crippen LogP contribution in [0.1, 0.15) is 18.1 Å². The van der Waals surface area contributed by atoms with E-state index in [-0.39, 0.29) is 17.7 Å². The number of fused-ring (bicyclic) bond motifs is 1. The van der Waals surface area contributed by atoms with Gasteiger partial charge in [0.25, 0.3) is 0 Å². The molecular formula is C19H20N2O3. The Bertz CT molecular complexity index is 786. The second-order valence-electron chi connectivity index (χ2n) is 6.02. The number of ether oxygens (including phenoxy) is 1. The van der Waals surface area contributed by atoms with Gasteiger partial charge in [-0.3, -0.25) is 9.59 Å². The summed E-state index contributed by atoms with van der Waals surface area (Å²) in [4.78, 5) is 23.8. The lowest BCUT2D eigenvalue weighted by Crippen LogP contribution is -2.32. The summed E-state index contributed by atoms with van der Waals surface area (Å²) in [6, 6.07) is 13.2. The van der Waals surface area contributed by atoms with E-state index >= 15 is 0 Å². The monoisotopic (exact) mass is 324 g/mol. The molecule has 0 bridgehead atoms. The van der Waals surface area contributed by atoms with E-state index in [2.05, 4.69) is 10.6 Å². The summed E-state index contributed by atoms with van der Waals surface area (Å²) < 4.78 is 5.67. The maximum atomic E-state index is 12.5. The van der Waals surface area contributed by atoms with Crippen molar-refractivity contribution in [3.63, 3.8) is 0 Å². The Labute approximate surface area is 141 Å². The molecule has 2 amide bonds. The molecule has 1 aliphatic rings. The zero-order chi connectivity index (χ0) is 17.1. The normalized spacial score (nSPS) is 15.8. The predicted molar refractivity (Wildman–Crippen MR) is 93.2 cm³/mol. The lowest BCUT2D eigenvalue weighted by Gasteiger charge is -2.24. The Kier molecular flexibility index (Phi) is 4.51. The van der Waals surface area contributed by atoms with Gasteiger partial charge in [0.1, 0.15) is 12.4 Å². The Hall–Kier alpha value is -2.82. The first-order valence-corrected chi connectivity index (χ1v) is 7.93. The number of carbonyl (C=O) groups is 2. The van der Waals surface area contributed by atoms with Crippen molar-refractivity contribution < 1.29 is 14.3 Å². The van der Waals surface area contributed by atoms with Crippen LogP contribution in [0.25, 0.3) is 0 Å². The number of anilines is 2. The summed E-state index contributed by atoms with van der Waals surface area (Å²) in [5, 5.41) is 5.68. The van der Waals surface area contributed by atoms with Crippen LogP contribution in [0.5, 0.6) is 5.75 Å². The predicted octanol–water partition coefficient (Wildman–Crippen LogP) is 3.14. The van der Waals surface area contributed by atoms with Crippen molar-refractivity contribution in [1.82, 2.24) is 0 Å². The SMILES string of the molecule is CC(=O)Nc1cc(NC(=O)[C@H]2COc3ccccc3C2)ccc1C. The van der Waals surface area contributed by atoms with Crippen molar-refractivity contribution in [1.29, 1.82) is 0 Å². The van der Waals surface area contributed by atoms with Gasteiger partial charge in [0.05, 0.1) is 5.92 Å². The topological polar surface area (TPSA) is 67.4 Å². The third kappa shape index (κ3) is 3.56. The van der Waals surface area contributed by atoms with E-state index in [4.69, 9.17) is 4.74 Å². The molecule has 3 rings (SSSR count). The molecule has 1 aliphatic heterocycles. The summed E-state index contributed by atoms with van der Waals surface area (Å²) in [5.74, 6) is 0.399. The smallest absolute Gasteiger partial charge is 0.231 e. The van der Waals surface area contributed by atoms with E-state index in [0.29, 0.717) is 24.4 Å². The molecule has 24 heavy (non-hydrogen) atoms. The minimum absolute atomic E-state index is 0.0814. The van der Waals surface area contributed by atoms with Gasteiger partial charge >= 0.3 is 0 Å². The van der Waals surface area contributed by atoms with Crippen LogP contribution >= 0.6 is 0 Å². The number of benzene rings is 2. The number of rotatable bonds is 3. The number of aryl methyl sites for hydroxylation is 1. The van der Waals surface area contributed by atoms with E-state index in [0.717, 1.165) is 16.9 Å². The largest absolute Gasteiger partial charge is 0.492 e. The molecule has 0 saturated heterocycles. The maximum absolute atomic E-state index is 12.5. The zero-order valence-corrected chi connectivity index (χ0v) is 13.8. The first kappa shape index (κ1) is 16.1. The van der Waals surface area contributed by atoms with Gasteiger partial charge in [-0.1, -0.05) is 24.3 Å². The van der Waals surface area contributed by atoms with Crippen LogP contribution in [0, 0.1) is 12.8 Å². The molecule has 2 aromatic carbocycles. The van der Waals surface area contributed by atoms with E-state index in [1.54, 1.807) is 6.07 Å². The van der Waals surface area contributed by atoms with Crippen LogP contribution in [0.2, 0.25) is 0 Å². The molecule has 5 heteroatoms. The Balaban J connectivity index is 1.70. The minimum Gasteiger partial charge on any atom is -0.492 e. The molecule has 1 atom stereocenters. The molecule has 0 aromatic heterocycles. The summed E-state index contributed by atoms with van der Waals surface area (Å²) in [7, 11) is 0. The van der Waals surface area contributed by atoms with Crippen LogP contribution in [-0.2, 0) is 16.0 Å². The zero-order valence-electron chi connectivity index (χ0n) is 13.8. The summed E-state index contributed by atoms with van der Waals surface area (Å²) >= 11 is 0. The molecule has 0 fully saturated rings. The van der Waals surface area contributed by atoms with Crippen LogP contribution in [0.15, 0.2) is 42.5 Å². The Morgan fingerprint density at radius 2 is 1.92 bits per heavy atom. The first-order chi connectivity index (χ1) is 11.5. The van der Waals surface area contributed by atoms with Gasteiger partial charge in [-0.25, -0.2) is 0 Å². The fraction of sp³-hybridized carbons (Fsp3) is 0.263. The lowest BCUT2D eigenvalue weighted by atomic mass is 9.96. The molecule has 0 spiro atoms. The van der Waals surface area contributed by atoms with Gasteiger partial charge in [0, 0.05) is 18.3 Å². The molecule has 0 aliphatic carbocycles. The molecule has 5 nitrogen and oxygen atoms in total. The number of hydrogen-bond acceptors (Lipinski definition) is 3. The summed E-state index contributed by atoms with van der Waals surface area (Å²) in [5.41, 5.74) is 3.35. The van der Waals surface area contributed by atoms with Crippen molar-refractivity contribution in [2.45, 2.75) is 20.3 Å². The van der Waals surface area contributed by atoms with Gasteiger partial charge in [0.15, 0.2) is 0 Å². The average molecular weight is 324 g/mol. The van der Waals surface area contributed by atoms with E-state index in [1.807, 2.05) is 43.3 Å². The van der Waals surface area contributed by atoms with Crippen molar-refractivity contribution in [3.8, 4) is 5.75 Å². The third-order valence-corrected chi connectivity index (χ3v) is 4.07. The molecule has 124 valence electrons. The minimum atomic E-state index is -0.231. The van der Waals surface area contributed by atoms with Gasteiger partial charge in [0.2, 0.25) is 11.8 Å². The summed E-state index contributed by atoms with van der Waals surface area (Å²) in [6.07, 6.45) is 0.659. The highest BCUT2D eigenvalue weighted by Crippen LogP contribution is 2.28. The molecular weight excluding hydrogens is 304 g/mol. The first-order valence-electron chi connectivity index (χ1n) is 7.93. The van der Waals surface area contributed by atoms with Crippen LogP contribution < -0.4 is 15.4 Å². The number of carbonyl (C=O) groups excluding carboxylic acids is 2. The standard InChI is InChI=1S/C19H20N2O3/c1-12-7-8-16(10-17(12)20-13(2)22)21-19(23)15-9-14-5-3-4-6-18(14)24-11-15/h3-8,10,15H,9,11H2,1-2H3,(H,20,22)(H,21,23)/t15-/m1/s1. The van der Waals surface area contributed by atoms with Gasteiger partial charge < -0.3 is 15.4 Å². The van der Waals surface area contributed by atoms with Crippen LogP contribution in [0.4, 0.5) is 11.4 Å². The number of para-hydroxylation sites is 1. The molecule has 2 N–H and O–H groups in total. The van der Waals surface area contributed by atoms with Gasteiger partial charge in [-0.2, -0.15) is 0 Å². The molecule has 2 aromatic rings. The van der Waals surface area contributed by atoms with Crippen LogP contribution in [0.3, 0.4) is 0 Å². The van der Waals surface area contributed by atoms with Crippen LogP contribution in [-0.4, -0.2) is 18.4 Å². The molecule has 0 saturated carbocycles. The molecule has 0 unspecified atom stereocenters. The second-order valence-corrected chi connectivity index (χ2v) is 6.02. The van der Waals surface area contributed by atoms with Crippen molar-refractivity contribution in [2.24, 2.45) is 5.92 Å². The van der Waals surface area contributed by atoms with Crippen molar-refractivity contribution >= 4 is 23.2 Å². The quantitative estimate of drug-likeness (QED) is 0.911. The second kappa shape index (κ2) is 6.74. The third-order valence-electron chi connectivity index (χ3n) is 4.07. The Morgan fingerprint density at radius 3 is 2.71 bits per heavy atom. The van der Waals surface area contributed by atoms with E-state index in [9.17, 15) is 9.59 Å². The highest BCUT2D eigenvalue weighted by Gasteiger charge is 2.25. The number of nitrogens with one attached hydrogen (secondary N) is 2.